The quantitative estimate of drug-likeness (QED) is 0.0991. The zero-order valence-corrected chi connectivity index (χ0v) is 29.7. The summed E-state index contributed by atoms with van der Waals surface area (Å²) in [7, 11) is 0. The third-order valence-corrected chi connectivity index (χ3v) is 8.55. The van der Waals surface area contributed by atoms with Gasteiger partial charge in [-0.1, -0.05) is 90.1 Å². The molecule has 0 spiro atoms. The molecule has 3 amide bonds. The zero-order chi connectivity index (χ0) is 36.1. The maximum atomic E-state index is 14.2. The number of aromatic nitrogens is 5. The highest BCUT2D eigenvalue weighted by Crippen LogP contribution is 2.21. The Kier molecular flexibility index (Phi) is 10.9. The Morgan fingerprint density at radius 3 is 1.90 bits per heavy atom. The van der Waals surface area contributed by atoms with Crippen LogP contribution in [0.2, 0.25) is 0 Å². The highest BCUT2D eigenvalue weighted by molar-refractivity contribution is 5.94. The van der Waals surface area contributed by atoms with Crippen molar-refractivity contribution in [2.75, 3.05) is 0 Å². The summed E-state index contributed by atoms with van der Waals surface area (Å²) < 4.78 is 0. The molecule has 3 aromatic heterocycles. The number of amides is 3. The number of nitrogens with two attached hydrogens (primary N) is 1. The standard InChI is InChI=1S/C38H49N9O3/c1-37(2,3)35-42-21-25(44-35)17-28(39)32(48)46-30(16-24-20-40-29-15-11-10-14-27(24)29)34(50)47-31(18-26-22-43-36(45-26)38(4,5)6)33(49)41-19-23-12-8-7-9-13-23/h7-15,20-22,28,30-31,40H,16-19,39H2,1-6H3,(H,41,49)(H,42,44)(H,43,45)(H,46,48)(H,47,50)/t28-,30-,31-/m0/s1. The van der Waals surface area contributed by atoms with Crippen molar-refractivity contribution in [3.8, 4) is 0 Å². The molecule has 3 heterocycles. The minimum atomic E-state index is -1.03. The summed E-state index contributed by atoms with van der Waals surface area (Å²) in [5, 5.41) is 9.72. The molecule has 0 bridgehead atoms. The number of hydrogen-bond acceptors (Lipinski definition) is 6. The molecule has 3 atom stereocenters. The van der Waals surface area contributed by atoms with E-state index in [4.69, 9.17) is 5.73 Å². The van der Waals surface area contributed by atoms with Crippen LogP contribution >= 0.6 is 0 Å². The number of fused-ring (bicyclic) bond motifs is 1. The molecule has 0 aliphatic carbocycles. The first kappa shape index (κ1) is 36.1. The summed E-state index contributed by atoms with van der Waals surface area (Å²) in [6.45, 7) is 12.5. The van der Waals surface area contributed by atoms with Crippen LogP contribution in [-0.2, 0) is 51.0 Å². The Hall–Kier alpha value is -5.23. The molecule has 0 radical (unpaired) electrons. The van der Waals surface area contributed by atoms with Gasteiger partial charge >= 0.3 is 0 Å². The second-order valence-electron chi connectivity index (χ2n) is 14.9. The number of nitrogens with zero attached hydrogens (tertiary/aromatic N) is 2. The first-order valence-corrected chi connectivity index (χ1v) is 17.0. The summed E-state index contributed by atoms with van der Waals surface area (Å²) in [6, 6.07) is 14.3. The van der Waals surface area contributed by atoms with E-state index in [1.54, 1.807) is 12.4 Å². The number of carbonyl (C=O) groups excluding carboxylic acids is 3. The fourth-order valence-electron chi connectivity index (χ4n) is 5.64. The van der Waals surface area contributed by atoms with Crippen LogP contribution in [0.1, 0.15) is 75.7 Å². The normalized spacial score (nSPS) is 13.8. The SMILES string of the molecule is CC(C)(C)c1ncc(C[C@H](NC(=O)[C@H](Cc2c[nH]c3ccccc23)NC(=O)[C@@H](N)Cc2cnc(C(C)(C)C)[nH]2)C(=O)NCc2ccccc2)[nH]1. The average molecular weight is 680 g/mol. The van der Waals surface area contributed by atoms with Crippen molar-refractivity contribution in [3.63, 3.8) is 0 Å². The van der Waals surface area contributed by atoms with Crippen LogP contribution in [0.25, 0.3) is 10.9 Å². The van der Waals surface area contributed by atoms with E-state index >= 15 is 0 Å². The molecule has 12 nitrogen and oxygen atoms in total. The van der Waals surface area contributed by atoms with Crippen LogP contribution in [-0.4, -0.2) is 60.8 Å². The Morgan fingerprint density at radius 2 is 1.28 bits per heavy atom. The topological polar surface area (TPSA) is 186 Å². The maximum absolute atomic E-state index is 14.2. The fraction of sp³-hybridized carbons (Fsp3) is 0.395. The van der Waals surface area contributed by atoms with E-state index in [0.29, 0.717) is 5.69 Å². The summed E-state index contributed by atoms with van der Waals surface area (Å²) in [5.41, 5.74) is 10.1. The number of hydrogen-bond donors (Lipinski definition) is 7. The Balaban J connectivity index is 1.37. The monoisotopic (exact) mass is 679 g/mol. The molecule has 2 aromatic carbocycles. The molecule has 12 heteroatoms. The number of benzene rings is 2. The van der Waals surface area contributed by atoms with Crippen LogP contribution < -0.4 is 21.7 Å². The molecule has 50 heavy (non-hydrogen) atoms. The number of carbonyl (C=O) groups is 3. The summed E-state index contributed by atoms with van der Waals surface area (Å²) >= 11 is 0. The van der Waals surface area contributed by atoms with Crippen LogP contribution in [0.5, 0.6) is 0 Å². The van der Waals surface area contributed by atoms with Crippen LogP contribution in [0, 0.1) is 0 Å². The molecular weight excluding hydrogens is 630 g/mol. The molecule has 0 saturated heterocycles. The van der Waals surface area contributed by atoms with Crippen LogP contribution in [0.3, 0.4) is 0 Å². The lowest BCUT2D eigenvalue weighted by Crippen LogP contribution is -2.57. The van der Waals surface area contributed by atoms with E-state index in [1.165, 1.54) is 0 Å². The fourth-order valence-corrected chi connectivity index (χ4v) is 5.64. The molecule has 0 saturated carbocycles. The average Bonchev–Trinajstić information content (AvgIpc) is 3.84. The molecule has 5 aromatic rings. The van der Waals surface area contributed by atoms with Gasteiger partial charge in [0.1, 0.15) is 23.7 Å². The van der Waals surface area contributed by atoms with Gasteiger partial charge in [-0.25, -0.2) is 9.97 Å². The van der Waals surface area contributed by atoms with Gasteiger partial charge in [0.25, 0.3) is 0 Å². The lowest BCUT2D eigenvalue weighted by Gasteiger charge is -2.24. The lowest BCUT2D eigenvalue weighted by molar-refractivity contribution is -0.132. The van der Waals surface area contributed by atoms with Gasteiger partial charge in [-0.3, -0.25) is 14.4 Å². The van der Waals surface area contributed by atoms with E-state index in [2.05, 4.69) is 40.9 Å². The number of nitrogens with one attached hydrogen (secondary N) is 6. The largest absolute Gasteiger partial charge is 0.361 e. The number of rotatable bonds is 13. The number of H-pyrrole nitrogens is 3. The van der Waals surface area contributed by atoms with Gasteiger partial charge in [0, 0.05) is 77.5 Å². The van der Waals surface area contributed by atoms with Crippen molar-refractivity contribution in [3.05, 3.63) is 107 Å². The zero-order valence-electron chi connectivity index (χ0n) is 29.7. The molecule has 0 aliphatic rings. The second kappa shape index (κ2) is 15.1. The molecule has 264 valence electrons. The minimum Gasteiger partial charge on any atom is -0.361 e. The number of aromatic amines is 3. The molecular formula is C38H49N9O3. The van der Waals surface area contributed by atoms with Gasteiger partial charge < -0.3 is 36.6 Å². The second-order valence-corrected chi connectivity index (χ2v) is 14.9. The van der Waals surface area contributed by atoms with E-state index in [-0.39, 0.29) is 42.5 Å². The van der Waals surface area contributed by atoms with Gasteiger partial charge in [0.05, 0.1) is 6.04 Å². The van der Waals surface area contributed by atoms with E-state index in [9.17, 15) is 14.4 Å². The highest BCUT2D eigenvalue weighted by Gasteiger charge is 2.30. The van der Waals surface area contributed by atoms with Crippen molar-refractivity contribution in [1.29, 1.82) is 0 Å². The number of imidazole rings is 2. The van der Waals surface area contributed by atoms with Gasteiger partial charge in [-0.2, -0.15) is 0 Å². The van der Waals surface area contributed by atoms with Crippen molar-refractivity contribution < 1.29 is 14.4 Å². The van der Waals surface area contributed by atoms with Gasteiger partial charge in [0.15, 0.2) is 0 Å². The third kappa shape index (κ3) is 9.26. The van der Waals surface area contributed by atoms with Gasteiger partial charge in [0.2, 0.25) is 17.7 Å². The predicted octanol–water partition coefficient (Wildman–Crippen LogP) is 3.85. The third-order valence-electron chi connectivity index (χ3n) is 8.55. The molecule has 0 unspecified atom stereocenters. The molecule has 0 aliphatic heterocycles. The predicted molar refractivity (Wildman–Crippen MR) is 194 cm³/mol. The van der Waals surface area contributed by atoms with Crippen molar-refractivity contribution in [1.82, 2.24) is 40.9 Å². The first-order valence-electron chi connectivity index (χ1n) is 17.0. The van der Waals surface area contributed by atoms with Crippen molar-refractivity contribution >= 4 is 28.6 Å². The van der Waals surface area contributed by atoms with Crippen LogP contribution in [0.15, 0.2) is 73.2 Å². The van der Waals surface area contributed by atoms with Gasteiger partial charge in [-0.05, 0) is 17.2 Å². The summed E-state index contributed by atoms with van der Waals surface area (Å²) in [5.74, 6) is 0.192. The number of para-hydroxylation sites is 1. The van der Waals surface area contributed by atoms with Crippen molar-refractivity contribution in [2.45, 2.75) is 96.3 Å². The van der Waals surface area contributed by atoms with Gasteiger partial charge in [-0.15, -0.1) is 0 Å². The van der Waals surface area contributed by atoms with E-state index < -0.39 is 29.9 Å². The smallest absolute Gasteiger partial charge is 0.243 e. The Bertz CT molecular complexity index is 1910. The lowest BCUT2D eigenvalue weighted by atomic mass is 9.96. The Morgan fingerprint density at radius 1 is 0.720 bits per heavy atom. The minimum absolute atomic E-state index is 0.165. The molecule has 0 fully saturated rings. The maximum Gasteiger partial charge on any atom is 0.243 e. The van der Waals surface area contributed by atoms with E-state index in [0.717, 1.165) is 39.4 Å². The summed E-state index contributed by atoms with van der Waals surface area (Å²) in [6.07, 6.45) is 5.74. The first-order chi connectivity index (χ1) is 23.7. The summed E-state index contributed by atoms with van der Waals surface area (Å²) in [4.78, 5) is 60.2. The molecule has 5 rings (SSSR count). The highest BCUT2D eigenvalue weighted by atomic mass is 16.2. The Labute approximate surface area is 292 Å². The van der Waals surface area contributed by atoms with E-state index in [1.807, 2.05) is 102 Å². The molecule has 8 N–H and O–H groups in total. The van der Waals surface area contributed by atoms with Crippen LogP contribution in [0.4, 0.5) is 0 Å². The van der Waals surface area contributed by atoms with Crippen molar-refractivity contribution in [2.24, 2.45) is 5.73 Å².